The minimum absolute atomic E-state index is 0.163. The molecule has 0 unspecified atom stereocenters. The quantitative estimate of drug-likeness (QED) is 0.875. The van der Waals surface area contributed by atoms with Crippen LogP contribution in [-0.2, 0) is 10.3 Å². The van der Waals surface area contributed by atoms with Gasteiger partial charge in [0.15, 0.2) is 5.60 Å². The number of ether oxygens (including phenoxy) is 1. The molecule has 3 rings (SSSR count). The van der Waals surface area contributed by atoms with Crippen molar-refractivity contribution in [2.75, 3.05) is 13.1 Å². The van der Waals surface area contributed by atoms with E-state index in [9.17, 15) is 4.79 Å². The number of hydrogen-bond donors (Lipinski definition) is 1. The van der Waals surface area contributed by atoms with Crippen molar-refractivity contribution in [1.29, 1.82) is 0 Å². The Bertz CT molecular complexity index is 404. The molecule has 1 aliphatic carbocycles. The Morgan fingerprint density at radius 3 is 2.61 bits per heavy atom. The molecule has 0 spiro atoms. The smallest absolute Gasteiger partial charge is 0.410 e. The number of hydrogen-bond acceptors (Lipinski definition) is 3. The van der Waals surface area contributed by atoms with E-state index < -0.39 is 5.60 Å². The van der Waals surface area contributed by atoms with Crippen molar-refractivity contribution in [3.63, 3.8) is 0 Å². The van der Waals surface area contributed by atoms with Gasteiger partial charge in [0.05, 0.1) is 5.69 Å². The first-order valence-electron chi connectivity index (χ1n) is 6.78. The molecule has 1 saturated carbocycles. The molecular weight excluding hydrogens is 230 g/mol. The highest BCUT2D eigenvalue weighted by atomic mass is 16.6. The van der Waals surface area contributed by atoms with E-state index in [0.29, 0.717) is 0 Å². The highest BCUT2D eigenvalue weighted by Crippen LogP contribution is 2.41. The maximum absolute atomic E-state index is 12.2. The molecule has 1 aromatic heterocycles. The normalized spacial score (nSPS) is 22.3. The molecule has 98 valence electrons. The minimum atomic E-state index is -0.462. The molecule has 2 heterocycles. The van der Waals surface area contributed by atoms with E-state index in [1.165, 1.54) is 0 Å². The summed E-state index contributed by atoms with van der Waals surface area (Å²) in [6.07, 6.45) is 7.74. The zero-order valence-electron chi connectivity index (χ0n) is 10.5. The number of amides is 1. The average Bonchev–Trinajstić information content (AvgIpc) is 3.12. The van der Waals surface area contributed by atoms with Crippen LogP contribution in [0, 0.1) is 0 Å². The standard InChI is InChI=1S/C13H19N3O2/c17-12(16-9-3-4-10-16)18-13(6-1-2-7-13)11-5-8-14-15-11/h5,8H,1-4,6-7,9-10H2,(H,14,15). The molecule has 0 radical (unpaired) electrons. The van der Waals surface area contributed by atoms with Crippen LogP contribution in [-0.4, -0.2) is 34.3 Å². The Morgan fingerprint density at radius 1 is 1.28 bits per heavy atom. The minimum Gasteiger partial charge on any atom is -0.436 e. The van der Waals surface area contributed by atoms with Crippen molar-refractivity contribution in [2.45, 2.75) is 44.1 Å². The van der Waals surface area contributed by atoms with Crippen molar-refractivity contribution in [3.8, 4) is 0 Å². The zero-order valence-corrected chi connectivity index (χ0v) is 10.5. The fraction of sp³-hybridized carbons (Fsp3) is 0.692. The van der Waals surface area contributed by atoms with Gasteiger partial charge in [0.1, 0.15) is 0 Å². The van der Waals surface area contributed by atoms with Crippen LogP contribution < -0.4 is 0 Å². The van der Waals surface area contributed by atoms with Crippen LogP contribution in [0.4, 0.5) is 4.79 Å². The Balaban J connectivity index is 1.76. The third-order valence-electron chi connectivity index (χ3n) is 4.05. The molecule has 2 aliphatic rings. The second kappa shape index (κ2) is 4.63. The van der Waals surface area contributed by atoms with Gasteiger partial charge in [-0.1, -0.05) is 0 Å². The van der Waals surface area contributed by atoms with Crippen LogP contribution in [0.25, 0.3) is 0 Å². The molecule has 5 heteroatoms. The van der Waals surface area contributed by atoms with E-state index >= 15 is 0 Å². The van der Waals surface area contributed by atoms with Gasteiger partial charge in [-0.25, -0.2) is 4.79 Å². The van der Waals surface area contributed by atoms with Gasteiger partial charge in [-0.2, -0.15) is 5.10 Å². The van der Waals surface area contributed by atoms with Crippen LogP contribution in [0.3, 0.4) is 0 Å². The topological polar surface area (TPSA) is 58.2 Å². The molecule has 0 aromatic carbocycles. The summed E-state index contributed by atoms with van der Waals surface area (Å²) < 4.78 is 5.84. The monoisotopic (exact) mass is 249 g/mol. The number of likely N-dealkylation sites (tertiary alicyclic amines) is 1. The summed E-state index contributed by atoms with van der Waals surface area (Å²) in [5, 5.41) is 6.96. The van der Waals surface area contributed by atoms with Gasteiger partial charge in [0.25, 0.3) is 0 Å². The number of carbonyl (C=O) groups excluding carboxylic acids is 1. The van der Waals surface area contributed by atoms with Crippen LogP contribution >= 0.6 is 0 Å². The van der Waals surface area contributed by atoms with Gasteiger partial charge in [0.2, 0.25) is 0 Å². The Labute approximate surface area is 107 Å². The van der Waals surface area contributed by atoms with Crippen LogP contribution in [0.2, 0.25) is 0 Å². The summed E-state index contributed by atoms with van der Waals surface area (Å²) in [6, 6.07) is 1.92. The molecule has 1 amide bonds. The predicted octanol–water partition coefficient (Wildman–Crippen LogP) is 2.41. The lowest BCUT2D eigenvalue weighted by molar-refractivity contribution is -0.00908. The Morgan fingerprint density at radius 2 is 2.00 bits per heavy atom. The highest BCUT2D eigenvalue weighted by Gasteiger charge is 2.42. The van der Waals surface area contributed by atoms with Gasteiger partial charge < -0.3 is 9.64 Å². The van der Waals surface area contributed by atoms with Crippen molar-refractivity contribution in [2.24, 2.45) is 0 Å². The third kappa shape index (κ3) is 1.98. The highest BCUT2D eigenvalue weighted by molar-refractivity contribution is 5.68. The number of nitrogens with zero attached hydrogens (tertiary/aromatic N) is 2. The van der Waals surface area contributed by atoms with Crippen molar-refractivity contribution in [1.82, 2.24) is 15.1 Å². The van der Waals surface area contributed by atoms with E-state index in [4.69, 9.17) is 4.74 Å². The lowest BCUT2D eigenvalue weighted by Crippen LogP contribution is -2.37. The van der Waals surface area contributed by atoms with Crippen LogP contribution in [0.5, 0.6) is 0 Å². The first-order valence-corrected chi connectivity index (χ1v) is 6.78. The number of aromatic nitrogens is 2. The number of H-pyrrole nitrogens is 1. The molecule has 1 aromatic rings. The van der Waals surface area contributed by atoms with E-state index in [1.807, 2.05) is 11.0 Å². The number of aromatic amines is 1. The maximum atomic E-state index is 12.2. The summed E-state index contributed by atoms with van der Waals surface area (Å²) in [7, 11) is 0. The molecule has 18 heavy (non-hydrogen) atoms. The molecule has 0 atom stereocenters. The van der Waals surface area contributed by atoms with Gasteiger partial charge >= 0.3 is 6.09 Å². The average molecular weight is 249 g/mol. The van der Waals surface area contributed by atoms with Gasteiger partial charge in [-0.15, -0.1) is 0 Å². The molecule has 5 nitrogen and oxygen atoms in total. The maximum Gasteiger partial charge on any atom is 0.410 e. The van der Waals surface area contributed by atoms with Crippen molar-refractivity contribution < 1.29 is 9.53 Å². The summed E-state index contributed by atoms with van der Waals surface area (Å²) in [5.41, 5.74) is 0.475. The van der Waals surface area contributed by atoms with E-state index in [1.54, 1.807) is 6.20 Å². The number of nitrogens with one attached hydrogen (secondary N) is 1. The first kappa shape index (κ1) is 11.6. The lowest BCUT2D eigenvalue weighted by atomic mass is 9.98. The predicted molar refractivity (Wildman–Crippen MR) is 66.0 cm³/mol. The van der Waals surface area contributed by atoms with Crippen LogP contribution in [0.15, 0.2) is 12.3 Å². The summed E-state index contributed by atoms with van der Waals surface area (Å²) in [4.78, 5) is 14.0. The summed E-state index contributed by atoms with van der Waals surface area (Å²) in [6.45, 7) is 1.66. The molecule has 1 saturated heterocycles. The Hall–Kier alpha value is -1.52. The van der Waals surface area contributed by atoms with Gasteiger partial charge in [0, 0.05) is 19.3 Å². The van der Waals surface area contributed by atoms with E-state index in [-0.39, 0.29) is 6.09 Å². The first-order chi connectivity index (χ1) is 8.80. The van der Waals surface area contributed by atoms with E-state index in [0.717, 1.165) is 57.3 Å². The van der Waals surface area contributed by atoms with Crippen molar-refractivity contribution >= 4 is 6.09 Å². The molecule has 1 N–H and O–H groups in total. The zero-order chi connectivity index (χ0) is 12.4. The molecule has 2 fully saturated rings. The molecular formula is C13H19N3O2. The fourth-order valence-corrected chi connectivity index (χ4v) is 3.01. The SMILES string of the molecule is O=C(OC1(c2ccn[nH]2)CCCC1)N1CCCC1. The Kier molecular flexibility index (Phi) is 2.97. The van der Waals surface area contributed by atoms with E-state index in [2.05, 4.69) is 10.2 Å². The second-order valence-corrected chi connectivity index (χ2v) is 5.23. The van der Waals surface area contributed by atoms with Crippen molar-refractivity contribution in [3.05, 3.63) is 18.0 Å². The third-order valence-corrected chi connectivity index (χ3v) is 4.05. The summed E-state index contributed by atoms with van der Waals surface area (Å²) >= 11 is 0. The molecule has 0 bridgehead atoms. The van der Waals surface area contributed by atoms with Gasteiger partial charge in [-0.05, 0) is 44.6 Å². The van der Waals surface area contributed by atoms with Gasteiger partial charge in [-0.3, -0.25) is 5.10 Å². The fourth-order valence-electron chi connectivity index (χ4n) is 3.01. The number of rotatable bonds is 2. The summed E-state index contributed by atoms with van der Waals surface area (Å²) in [5.74, 6) is 0. The number of carbonyl (C=O) groups is 1. The van der Waals surface area contributed by atoms with Crippen LogP contribution in [0.1, 0.15) is 44.2 Å². The lowest BCUT2D eigenvalue weighted by Gasteiger charge is -2.30. The molecule has 1 aliphatic heterocycles. The second-order valence-electron chi connectivity index (χ2n) is 5.23. The largest absolute Gasteiger partial charge is 0.436 e.